The van der Waals surface area contributed by atoms with Gasteiger partial charge in [0.25, 0.3) is 5.91 Å². The smallest absolute Gasteiger partial charge is 0.411 e. The Labute approximate surface area is 203 Å². The molecule has 1 aliphatic rings. The van der Waals surface area contributed by atoms with Gasteiger partial charge in [0.2, 0.25) is 11.8 Å². The number of ether oxygens (including phenoxy) is 1. The topological polar surface area (TPSA) is 160 Å². The van der Waals surface area contributed by atoms with Gasteiger partial charge in [0.05, 0.1) is 18.2 Å². The van der Waals surface area contributed by atoms with E-state index in [2.05, 4.69) is 31.9 Å². The summed E-state index contributed by atoms with van der Waals surface area (Å²) in [6, 6.07) is 14.2. The van der Waals surface area contributed by atoms with Crippen LogP contribution < -0.4 is 21.7 Å². The summed E-state index contributed by atoms with van der Waals surface area (Å²) in [7, 11) is 0. The summed E-state index contributed by atoms with van der Waals surface area (Å²) in [6.45, 7) is -0.396. The number of rotatable bonds is 7. The van der Waals surface area contributed by atoms with Gasteiger partial charge in [0.1, 0.15) is 12.2 Å². The summed E-state index contributed by atoms with van der Waals surface area (Å²) >= 11 is 3.30. The van der Waals surface area contributed by atoms with Crippen molar-refractivity contribution < 1.29 is 29.0 Å². The standard InChI is InChI=1S/C23H23BrN4O6/c24-16-9-5-4-8-15(16)22(32)28-17-10-13(21(31)26-12-19(25)29)11-18(20(17)30)34-23(33)27-14-6-2-1-3-7-14/h1-10,17-18,20,30H,11-12H2,(H2,25,29)(H,26,31)(H,27,33)(H,28,32). The van der Waals surface area contributed by atoms with Gasteiger partial charge in [-0.05, 0) is 40.2 Å². The minimum Gasteiger partial charge on any atom is -0.443 e. The third-order valence-electron chi connectivity index (χ3n) is 4.96. The molecule has 0 heterocycles. The minimum absolute atomic E-state index is 0.112. The molecule has 0 radical (unpaired) electrons. The zero-order chi connectivity index (χ0) is 24.7. The zero-order valence-corrected chi connectivity index (χ0v) is 19.4. The predicted octanol–water partition coefficient (Wildman–Crippen LogP) is 1.46. The molecule has 2 aromatic carbocycles. The molecule has 34 heavy (non-hydrogen) atoms. The van der Waals surface area contributed by atoms with Gasteiger partial charge < -0.3 is 26.2 Å². The lowest BCUT2D eigenvalue weighted by Crippen LogP contribution is -2.52. The number of nitrogens with one attached hydrogen (secondary N) is 3. The number of aliphatic hydroxyl groups excluding tert-OH is 1. The molecule has 3 rings (SSSR count). The largest absolute Gasteiger partial charge is 0.443 e. The Morgan fingerprint density at radius 1 is 1.03 bits per heavy atom. The van der Waals surface area contributed by atoms with E-state index in [0.717, 1.165) is 0 Å². The molecule has 0 aliphatic heterocycles. The monoisotopic (exact) mass is 530 g/mol. The lowest BCUT2D eigenvalue weighted by Gasteiger charge is -2.33. The zero-order valence-electron chi connectivity index (χ0n) is 17.9. The van der Waals surface area contributed by atoms with Gasteiger partial charge in [-0.3, -0.25) is 19.7 Å². The highest BCUT2D eigenvalue weighted by atomic mass is 79.9. The number of nitrogens with two attached hydrogens (primary N) is 1. The van der Waals surface area contributed by atoms with Gasteiger partial charge in [0, 0.05) is 22.2 Å². The Hall–Kier alpha value is -3.70. The van der Waals surface area contributed by atoms with Crippen LogP contribution in [0.5, 0.6) is 0 Å². The Kier molecular flexibility index (Phi) is 8.39. The first-order chi connectivity index (χ1) is 16.2. The average Bonchev–Trinajstić information content (AvgIpc) is 2.80. The molecule has 6 N–H and O–H groups in total. The van der Waals surface area contributed by atoms with Crippen LogP contribution in [-0.4, -0.2) is 53.7 Å². The van der Waals surface area contributed by atoms with E-state index in [0.29, 0.717) is 15.7 Å². The molecule has 3 unspecified atom stereocenters. The van der Waals surface area contributed by atoms with Crippen molar-refractivity contribution in [3.63, 3.8) is 0 Å². The number of aliphatic hydroxyl groups is 1. The van der Waals surface area contributed by atoms with Crippen molar-refractivity contribution in [2.24, 2.45) is 5.73 Å². The first-order valence-electron chi connectivity index (χ1n) is 10.3. The predicted molar refractivity (Wildman–Crippen MR) is 127 cm³/mol. The molecule has 0 saturated heterocycles. The van der Waals surface area contributed by atoms with Crippen molar-refractivity contribution in [1.29, 1.82) is 0 Å². The number of carbonyl (C=O) groups excluding carboxylic acids is 4. The fraction of sp³-hybridized carbons (Fsp3) is 0.217. The van der Waals surface area contributed by atoms with E-state index in [1.54, 1.807) is 54.6 Å². The number of anilines is 1. The summed E-state index contributed by atoms with van der Waals surface area (Å²) < 4.78 is 5.92. The third-order valence-corrected chi connectivity index (χ3v) is 5.65. The van der Waals surface area contributed by atoms with Gasteiger partial charge in [-0.2, -0.15) is 0 Å². The lowest BCUT2D eigenvalue weighted by atomic mass is 9.89. The molecule has 2 aromatic rings. The maximum absolute atomic E-state index is 12.8. The molecular formula is C23H23BrN4O6. The molecule has 0 saturated carbocycles. The molecule has 3 atom stereocenters. The number of benzene rings is 2. The summed E-state index contributed by atoms with van der Waals surface area (Å²) in [5, 5.41) is 18.4. The minimum atomic E-state index is -1.35. The van der Waals surface area contributed by atoms with Crippen molar-refractivity contribution in [1.82, 2.24) is 10.6 Å². The summed E-state index contributed by atoms with van der Waals surface area (Å²) in [5.74, 6) is -1.89. The molecule has 0 spiro atoms. The van der Waals surface area contributed by atoms with Crippen LogP contribution in [-0.2, 0) is 14.3 Å². The maximum Gasteiger partial charge on any atom is 0.411 e. The first kappa shape index (κ1) is 24.9. The molecule has 1 aliphatic carbocycles. The van der Waals surface area contributed by atoms with Crippen LogP contribution in [0, 0.1) is 0 Å². The van der Waals surface area contributed by atoms with Crippen LogP contribution >= 0.6 is 15.9 Å². The van der Waals surface area contributed by atoms with Gasteiger partial charge in [0.15, 0.2) is 0 Å². The molecule has 0 aromatic heterocycles. The molecule has 178 valence electrons. The van der Waals surface area contributed by atoms with Crippen LogP contribution in [0.4, 0.5) is 10.5 Å². The highest BCUT2D eigenvalue weighted by molar-refractivity contribution is 9.10. The number of hydrogen-bond acceptors (Lipinski definition) is 6. The van der Waals surface area contributed by atoms with Crippen LogP contribution in [0.1, 0.15) is 16.8 Å². The van der Waals surface area contributed by atoms with Crippen molar-refractivity contribution in [3.05, 3.63) is 76.3 Å². The second kappa shape index (κ2) is 11.4. The highest BCUT2D eigenvalue weighted by Gasteiger charge is 2.37. The second-order valence-electron chi connectivity index (χ2n) is 7.45. The summed E-state index contributed by atoms with van der Waals surface area (Å²) in [4.78, 5) is 48.7. The normalized spacial score (nSPS) is 19.4. The van der Waals surface area contributed by atoms with E-state index in [9.17, 15) is 24.3 Å². The van der Waals surface area contributed by atoms with Crippen LogP contribution in [0.25, 0.3) is 0 Å². The van der Waals surface area contributed by atoms with Crippen molar-refractivity contribution >= 4 is 45.4 Å². The fourth-order valence-electron chi connectivity index (χ4n) is 3.32. The Balaban J connectivity index is 1.78. The van der Waals surface area contributed by atoms with Crippen LogP contribution in [0.2, 0.25) is 0 Å². The van der Waals surface area contributed by atoms with Crippen molar-refractivity contribution in [2.45, 2.75) is 24.7 Å². The van der Waals surface area contributed by atoms with E-state index < -0.39 is 48.6 Å². The summed E-state index contributed by atoms with van der Waals surface area (Å²) in [6.07, 6.45) is -2.13. The van der Waals surface area contributed by atoms with Gasteiger partial charge in [-0.25, -0.2) is 4.79 Å². The molecule has 11 heteroatoms. The van der Waals surface area contributed by atoms with Gasteiger partial charge >= 0.3 is 6.09 Å². The highest BCUT2D eigenvalue weighted by Crippen LogP contribution is 2.24. The van der Waals surface area contributed by atoms with Crippen LogP contribution in [0.3, 0.4) is 0 Å². The van der Waals surface area contributed by atoms with E-state index in [-0.39, 0.29) is 12.0 Å². The number of para-hydroxylation sites is 1. The number of hydrogen-bond donors (Lipinski definition) is 5. The molecule has 0 bridgehead atoms. The molecule has 0 fully saturated rings. The molecular weight excluding hydrogens is 508 g/mol. The molecule has 10 nitrogen and oxygen atoms in total. The molecule has 4 amide bonds. The quantitative estimate of drug-likeness (QED) is 0.364. The lowest BCUT2D eigenvalue weighted by molar-refractivity contribution is -0.123. The van der Waals surface area contributed by atoms with E-state index >= 15 is 0 Å². The van der Waals surface area contributed by atoms with Crippen molar-refractivity contribution in [3.8, 4) is 0 Å². The van der Waals surface area contributed by atoms with E-state index in [1.165, 1.54) is 6.08 Å². The SMILES string of the molecule is NC(=O)CNC(=O)C1=CC(NC(=O)c2ccccc2Br)C(O)C(OC(=O)Nc2ccccc2)C1. The Morgan fingerprint density at radius 2 is 1.71 bits per heavy atom. The van der Waals surface area contributed by atoms with E-state index in [4.69, 9.17) is 10.5 Å². The summed E-state index contributed by atoms with van der Waals surface area (Å²) in [5.41, 5.74) is 5.98. The average molecular weight is 531 g/mol. The fourth-order valence-corrected chi connectivity index (χ4v) is 3.79. The third kappa shape index (κ3) is 6.65. The Morgan fingerprint density at radius 3 is 2.38 bits per heavy atom. The number of amides is 4. The Bertz CT molecular complexity index is 1110. The maximum atomic E-state index is 12.8. The number of halogens is 1. The number of carbonyl (C=O) groups is 4. The second-order valence-corrected chi connectivity index (χ2v) is 8.30. The van der Waals surface area contributed by atoms with Gasteiger partial charge in [-0.15, -0.1) is 0 Å². The number of primary amides is 1. The first-order valence-corrected chi connectivity index (χ1v) is 11.1. The van der Waals surface area contributed by atoms with E-state index in [1.807, 2.05) is 0 Å². The van der Waals surface area contributed by atoms with Crippen molar-refractivity contribution in [2.75, 3.05) is 11.9 Å². The van der Waals surface area contributed by atoms with Gasteiger partial charge in [-0.1, -0.05) is 36.4 Å². The van der Waals surface area contributed by atoms with Crippen LogP contribution in [0.15, 0.2) is 70.7 Å².